The van der Waals surface area contributed by atoms with E-state index in [-0.39, 0.29) is 12.5 Å². The summed E-state index contributed by atoms with van der Waals surface area (Å²) in [5.74, 6) is 0.0924. The molecule has 1 amide bonds. The number of aryl methyl sites for hydroxylation is 2. The van der Waals surface area contributed by atoms with Gasteiger partial charge in [0.2, 0.25) is 5.88 Å². The lowest BCUT2D eigenvalue weighted by Gasteiger charge is -2.03. The number of nitrogens with zero attached hydrogens (tertiary/aromatic N) is 3. The van der Waals surface area contributed by atoms with Gasteiger partial charge in [0.25, 0.3) is 0 Å². The fourth-order valence-electron chi connectivity index (χ4n) is 2.79. The van der Waals surface area contributed by atoms with Gasteiger partial charge in [-0.15, -0.1) is 10.2 Å². The smallest absolute Gasteiger partial charge is 0.302 e. The molecule has 6 nitrogen and oxygen atoms in total. The van der Waals surface area contributed by atoms with Crippen molar-refractivity contribution in [2.75, 3.05) is 6.61 Å². The van der Waals surface area contributed by atoms with Crippen LogP contribution in [0.5, 0.6) is 11.6 Å². The predicted octanol–water partition coefficient (Wildman–Crippen LogP) is 4.62. The Balaban J connectivity index is 1.72. The summed E-state index contributed by atoms with van der Waals surface area (Å²) in [4.78, 5) is 12.0. The van der Waals surface area contributed by atoms with Crippen LogP contribution in [0.25, 0.3) is 10.9 Å². The number of azo groups is 1. The molecular weight excluding hydrogens is 330 g/mol. The zero-order valence-corrected chi connectivity index (χ0v) is 14.8. The predicted molar refractivity (Wildman–Crippen MR) is 100 cm³/mol. The molecule has 0 radical (unpaired) electrons. The third-order valence-electron chi connectivity index (χ3n) is 4.19. The van der Waals surface area contributed by atoms with E-state index >= 15 is 0 Å². The van der Waals surface area contributed by atoms with Gasteiger partial charge >= 0.3 is 5.91 Å². The molecule has 0 aliphatic carbocycles. The molecule has 0 bridgehead atoms. The first kappa shape index (κ1) is 17.7. The third-order valence-corrected chi connectivity index (χ3v) is 4.19. The van der Waals surface area contributed by atoms with Crippen molar-refractivity contribution in [2.24, 2.45) is 10.2 Å². The quantitative estimate of drug-likeness (QED) is 0.658. The first-order chi connectivity index (χ1) is 12.6. The summed E-state index contributed by atoms with van der Waals surface area (Å²) in [5.41, 5.74) is 2.34. The van der Waals surface area contributed by atoms with Gasteiger partial charge in [-0.3, -0.25) is 4.79 Å². The Morgan fingerprint density at radius 3 is 2.54 bits per heavy atom. The molecule has 0 fully saturated rings. The molecule has 2 aromatic carbocycles. The molecule has 0 unspecified atom stereocenters. The van der Waals surface area contributed by atoms with E-state index in [1.165, 1.54) is 5.56 Å². The van der Waals surface area contributed by atoms with Gasteiger partial charge in [0.1, 0.15) is 5.75 Å². The molecule has 1 N–H and O–H groups in total. The van der Waals surface area contributed by atoms with Gasteiger partial charge in [-0.1, -0.05) is 37.3 Å². The highest BCUT2D eigenvalue weighted by Crippen LogP contribution is 2.38. The number of fused-ring (bicyclic) bond motifs is 1. The second-order valence-corrected chi connectivity index (χ2v) is 5.81. The van der Waals surface area contributed by atoms with Crippen LogP contribution in [0.2, 0.25) is 0 Å². The molecule has 0 aliphatic rings. The number of aromatic hydroxyl groups is 1. The molecule has 6 heteroatoms. The number of aromatic nitrogens is 1. The molecule has 0 saturated heterocycles. The Hall–Kier alpha value is -3.15. The lowest BCUT2D eigenvalue weighted by molar-refractivity contribution is -0.120. The maximum Gasteiger partial charge on any atom is 0.302 e. The molecule has 0 atom stereocenters. The summed E-state index contributed by atoms with van der Waals surface area (Å²) in [7, 11) is 0. The number of carbonyl (C=O) groups is 1. The molecule has 0 spiro atoms. The Kier molecular flexibility index (Phi) is 5.31. The van der Waals surface area contributed by atoms with Crippen LogP contribution in [0.3, 0.4) is 0 Å². The standard InChI is InChI=1S/C20H21N3O3/c1-3-14-9-11-15(12-10-14)26-13-18(24)21-22-19-16-7-5-6-8-17(16)23(4-2)20(19)25/h5-12,25H,3-4,13H2,1-2H3. The van der Waals surface area contributed by atoms with Crippen LogP contribution in [-0.2, 0) is 17.8 Å². The van der Waals surface area contributed by atoms with Crippen LogP contribution in [-0.4, -0.2) is 22.2 Å². The summed E-state index contributed by atoms with van der Waals surface area (Å²) in [5, 5.41) is 18.8. The summed E-state index contributed by atoms with van der Waals surface area (Å²) in [6, 6.07) is 15.0. The zero-order chi connectivity index (χ0) is 18.5. The zero-order valence-electron chi connectivity index (χ0n) is 14.8. The second kappa shape index (κ2) is 7.82. The molecule has 3 aromatic rings. The van der Waals surface area contributed by atoms with E-state index in [4.69, 9.17) is 4.74 Å². The lowest BCUT2D eigenvalue weighted by Crippen LogP contribution is -2.07. The highest BCUT2D eigenvalue weighted by molar-refractivity contribution is 5.95. The average molecular weight is 351 g/mol. The van der Waals surface area contributed by atoms with Crippen molar-refractivity contribution < 1.29 is 14.6 Å². The van der Waals surface area contributed by atoms with Crippen molar-refractivity contribution in [3.05, 3.63) is 54.1 Å². The van der Waals surface area contributed by atoms with Crippen molar-refractivity contribution in [3.63, 3.8) is 0 Å². The van der Waals surface area contributed by atoms with E-state index in [1.807, 2.05) is 55.5 Å². The van der Waals surface area contributed by atoms with Crippen molar-refractivity contribution in [1.29, 1.82) is 0 Å². The minimum Gasteiger partial charge on any atom is -0.493 e. The molecule has 134 valence electrons. The first-order valence-electron chi connectivity index (χ1n) is 8.60. The number of rotatable bonds is 6. The van der Waals surface area contributed by atoms with Crippen LogP contribution in [0.1, 0.15) is 19.4 Å². The maximum absolute atomic E-state index is 12.0. The fraction of sp³-hybridized carbons (Fsp3) is 0.250. The monoisotopic (exact) mass is 351 g/mol. The number of amides is 1. The molecule has 26 heavy (non-hydrogen) atoms. The number of hydrogen-bond acceptors (Lipinski definition) is 4. The first-order valence-corrected chi connectivity index (χ1v) is 8.60. The van der Waals surface area contributed by atoms with Crippen molar-refractivity contribution in [2.45, 2.75) is 26.8 Å². The van der Waals surface area contributed by atoms with E-state index in [1.54, 1.807) is 4.57 Å². The van der Waals surface area contributed by atoms with Gasteiger partial charge in [0.05, 0.1) is 5.52 Å². The Labute approximate surface area is 151 Å². The Morgan fingerprint density at radius 1 is 1.12 bits per heavy atom. The molecule has 1 heterocycles. The molecule has 0 aliphatic heterocycles. The van der Waals surface area contributed by atoms with Gasteiger partial charge < -0.3 is 14.4 Å². The van der Waals surface area contributed by atoms with E-state index in [2.05, 4.69) is 17.2 Å². The molecule has 3 rings (SSSR count). The maximum atomic E-state index is 12.0. The highest BCUT2D eigenvalue weighted by Gasteiger charge is 2.15. The SMILES string of the molecule is CCc1ccc(OCC(=O)N=Nc2c(O)n(CC)c3ccccc23)cc1. The van der Waals surface area contributed by atoms with Crippen molar-refractivity contribution >= 4 is 22.5 Å². The normalized spacial score (nSPS) is 11.3. The van der Waals surface area contributed by atoms with Crippen LogP contribution >= 0.6 is 0 Å². The van der Waals surface area contributed by atoms with Gasteiger partial charge in [0.15, 0.2) is 12.3 Å². The Bertz CT molecular complexity index is 943. The molecular formula is C20H21N3O3. The van der Waals surface area contributed by atoms with Crippen molar-refractivity contribution in [3.8, 4) is 11.6 Å². The van der Waals surface area contributed by atoms with Crippen LogP contribution in [0, 0.1) is 0 Å². The Morgan fingerprint density at radius 2 is 1.85 bits per heavy atom. The van der Waals surface area contributed by atoms with Crippen LogP contribution in [0.4, 0.5) is 5.69 Å². The summed E-state index contributed by atoms with van der Waals surface area (Å²) in [6.45, 7) is 4.38. The number of hydrogen-bond donors (Lipinski definition) is 1. The summed E-state index contributed by atoms with van der Waals surface area (Å²) < 4.78 is 7.15. The van der Waals surface area contributed by atoms with E-state index in [0.29, 0.717) is 18.0 Å². The van der Waals surface area contributed by atoms with Gasteiger partial charge in [-0.2, -0.15) is 0 Å². The van der Waals surface area contributed by atoms with E-state index in [0.717, 1.165) is 17.3 Å². The number of para-hydroxylation sites is 1. The van der Waals surface area contributed by atoms with E-state index < -0.39 is 5.91 Å². The van der Waals surface area contributed by atoms with Crippen LogP contribution in [0.15, 0.2) is 58.8 Å². The molecule has 0 saturated carbocycles. The van der Waals surface area contributed by atoms with Crippen LogP contribution < -0.4 is 4.74 Å². The fourth-order valence-corrected chi connectivity index (χ4v) is 2.79. The second-order valence-electron chi connectivity index (χ2n) is 5.81. The third kappa shape index (κ3) is 3.59. The van der Waals surface area contributed by atoms with Gasteiger partial charge in [-0.25, -0.2) is 0 Å². The van der Waals surface area contributed by atoms with Crippen molar-refractivity contribution in [1.82, 2.24) is 4.57 Å². The average Bonchev–Trinajstić information content (AvgIpc) is 2.95. The number of benzene rings is 2. The van der Waals surface area contributed by atoms with E-state index in [9.17, 15) is 9.90 Å². The summed E-state index contributed by atoms with van der Waals surface area (Å²) in [6.07, 6.45) is 0.947. The van der Waals surface area contributed by atoms with Gasteiger partial charge in [0, 0.05) is 11.9 Å². The largest absolute Gasteiger partial charge is 0.493 e. The number of ether oxygens (including phenoxy) is 1. The van der Waals surface area contributed by atoms with Gasteiger partial charge in [-0.05, 0) is 37.1 Å². The minimum atomic E-state index is -0.516. The highest BCUT2D eigenvalue weighted by atomic mass is 16.5. The lowest BCUT2D eigenvalue weighted by atomic mass is 10.2. The summed E-state index contributed by atoms with van der Waals surface area (Å²) >= 11 is 0. The minimum absolute atomic E-state index is 0.00122. The number of carbonyl (C=O) groups excluding carboxylic acids is 1. The topological polar surface area (TPSA) is 76.2 Å². The molecule has 1 aromatic heterocycles.